The standard InChI is InChI=1S/C14H19NO/c1-10(2)8-14(16)15(5)13-9-11(3)6-7-12(13)4/h6-9H,1-5H3. The molecule has 0 radical (unpaired) electrons. The molecule has 1 rings (SSSR count). The summed E-state index contributed by atoms with van der Waals surface area (Å²) in [6.45, 7) is 7.90. The monoisotopic (exact) mass is 217 g/mol. The third-order valence-electron chi connectivity index (χ3n) is 2.47. The highest BCUT2D eigenvalue weighted by atomic mass is 16.2. The van der Waals surface area contributed by atoms with Gasteiger partial charge >= 0.3 is 0 Å². The Morgan fingerprint density at radius 3 is 2.44 bits per heavy atom. The van der Waals surface area contributed by atoms with Crippen molar-refractivity contribution in [1.29, 1.82) is 0 Å². The van der Waals surface area contributed by atoms with Crippen LogP contribution in [-0.2, 0) is 4.79 Å². The third kappa shape index (κ3) is 2.96. The second-order valence-corrected chi connectivity index (χ2v) is 4.41. The van der Waals surface area contributed by atoms with Crippen LogP contribution in [0.25, 0.3) is 0 Å². The molecule has 1 aromatic carbocycles. The number of carbonyl (C=O) groups excluding carboxylic acids is 1. The van der Waals surface area contributed by atoms with E-state index < -0.39 is 0 Å². The number of amides is 1. The van der Waals surface area contributed by atoms with Crippen LogP contribution in [0.4, 0.5) is 5.69 Å². The van der Waals surface area contributed by atoms with E-state index in [1.165, 1.54) is 0 Å². The Hall–Kier alpha value is -1.57. The number of nitrogens with zero attached hydrogens (tertiary/aromatic N) is 1. The number of aryl methyl sites for hydroxylation is 2. The van der Waals surface area contributed by atoms with Gasteiger partial charge in [-0.15, -0.1) is 0 Å². The van der Waals surface area contributed by atoms with Crippen LogP contribution in [0.5, 0.6) is 0 Å². The lowest BCUT2D eigenvalue weighted by Crippen LogP contribution is -2.25. The molecular formula is C14H19NO. The lowest BCUT2D eigenvalue weighted by molar-refractivity contribution is -0.113. The van der Waals surface area contributed by atoms with Gasteiger partial charge in [0.05, 0.1) is 0 Å². The van der Waals surface area contributed by atoms with Gasteiger partial charge in [-0.25, -0.2) is 0 Å². The molecule has 0 aliphatic heterocycles. The van der Waals surface area contributed by atoms with E-state index in [2.05, 4.69) is 6.07 Å². The first-order valence-electron chi connectivity index (χ1n) is 5.41. The van der Waals surface area contributed by atoms with Crippen molar-refractivity contribution in [3.05, 3.63) is 41.0 Å². The molecule has 2 nitrogen and oxygen atoms in total. The fourth-order valence-electron chi connectivity index (χ4n) is 1.54. The van der Waals surface area contributed by atoms with Crippen LogP contribution in [0.15, 0.2) is 29.8 Å². The summed E-state index contributed by atoms with van der Waals surface area (Å²) in [5, 5.41) is 0. The quantitative estimate of drug-likeness (QED) is 0.696. The summed E-state index contributed by atoms with van der Waals surface area (Å²) in [5.41, 5.74) is 4.27. The predicted molar refractivity (Wildman–Crippen MR) is 68.8 cm³/mol. The van der Waals surface area contributed by atoms with Gasteiger partial charge < -0.3 is 4.90 Å². The first-order valence-corrected chi connectivity index (χ1v) is 5.41. The van der Waals surface area contributed by atoms with Crippen molar-refractivity contribution >= 4 is 11.6 Å². The number of likely N-dealkylation sites (N-methyl/N-ethyl adjacent to an activating group) is 1. The molecule has 0 saturated heterocycles. The Morgan fingerprint density at radius 1 is 1.25 bits per heavy atom. The lowest BCUT2D eigenvalue weighted by Gasteiger charge is -2.18. The van der Waals surface area contributed by atoms with Gasteiger partial charge in [0.15, 0.2) is 0 Å². The van der Waals surface area contributed by atoms with Crippen LogP contribution in [0, 0.1) is 13.8 Å². The normalized spacial score (nSPS) is 9.81. The molecule has 0 aliphatic carbocycles. The highest BCUT2D eigenvalue weighted by molar-refractivity contribution is 6.01. The number of hydrogen-bond donors (Lipinski definition) is 0. The number of rotatable bonds is 2. The van der Waals surface area contributed by atoms with Crippen molar-refractivity contribution < 1.29 is 4.79 Å². The zero-order chi connectivity index (χ0) is 12.3. The zero-order valence-electron chi connectivity index (χ0n) is 10.7. The molecule has 0 unspecified atom stereocenters. The largest absolute Gasteiger partial charge is 0.312 e. The van der Waals surface area contributed by atoms with Crippen molar-refractivity contribution in [2.24, 2.45) is 0 Å². The Morgan fingerprint density at radius 2 is 1.88 bits per heavy atom. The molecule has 1 amide bonds. The summed E-state index contributed by atoms with van der Waals surface area (Å²) in [6, 6.07) is 6.13. The molecule has 0 N–H and O–H groups in total. The molecule has 0 aromatic heterocycles. The summed E-state index contributed by atoms with van der Waals surface area (Å²) in [6.07, 6.45) is 1.65. The van der Waals surface area contributed by atoms with Crippen LogP contribution in [0.3, 0.4) is 0 Å². The SMILES string of the molecule is CC(C)=CC(=O)N(C)c1cc(C)ccc1C. The Labute approximate surface area is 97.6 Å². The summed E-state index contributed by atoms with van der Waals surface area (Å²) in [7, 11) is 1.81. The molecule has 0 spiro atoms. The highest BCUT2D eigenvalue weighted by Gasteiger charge is 2.10. The van der Waals surface area contributed by atoms with E-state index in [0.717, 1.165) is 22.4 Å². The Kier molecular flexibility index (Phi) is 3.88. The minimum atomic E-state index is 0.0219. The minimum Gasteiger partial charge on any atom is -0.312 e. The molecule has 0 bridgehead atoms. The molecule has 0 atom stereocenters. The lowest BCUT2D eigenvalue weighted by atomic mass is 10.1. The Bertz CT molecular complexity index is 428. The second kappa shape index (κ2) is 4.97. The van der Waals surface area contributed by atoms with Gasteiger partial charge in [-0.05, 0) is 44.9 Å². The number of hydrogen-bond acceptors (Lipinski definition) is 1. The maximum Gasteiger partial charge on any atom is 0.250 e. The van der Waals surface area contributed by atoms with Gasteiger partial charge in [0.2, 0.25) is 0 Å². The first kappa shape index (κ1) is 12.5. The minimum absolute atomic E-state index is 0.0219. The average molecular weight is 217 g/mol. The molecule has 0 fully saturated rings. The molecule has 2 heteroatoms. The fourth-order valence-corrected chi connectivity index (χ4v) is 1.54. The van der Waals surface area contributed by atoms with Crippen molar-refractivity contribution in [2.75, 3.05) is 11.9 Å². The van der Waals surface area contributed by atoms with Gasteiger partial charge in [-0.3, -0.25) is 4.79 Å². The van der Waals surface area contributed by atoms with E-state index in [4.69, 9.17) is 0 Å². The molecule has 86 valence electrons. The van der Waals surface area contributed by atoms with E-state index in [-0.39, 0.29) is 5.91 Å². The van der Waals surface area contributed by atoms with Crippen LogP contribution in [-0.4, -0.2) is 13.0 Å². The van der Waals surface area contributed by atoms with Gasteiger partial charge in [0, 0.05) is 18.8 Å². The fraction of sp³-hybridized carbons (Fsp3) is 0.357. The van der Waals surface area contributed by atoms with Crippen molar-refractivity contribution in [3.63, 3.8) is 0 Å². The average Bonchev–Trinajstić information content (AvgIpc) is 2.19. The molecule has 0 saturated carbocycles. The summed E-state index contributed by atoms with van der Waals surface area (Å²) < 4.78 is 0. The highest BCUT2D eigenvalue weighted by Crippen LogP contribution is 2.20. The number of benzene rings is 1. The Balaban J connectivity index is 3.05. The van der Waals surface area contributed by atoms with E-state index in [0.29, 0.717) is 0 Å². The predicted octanol–water partition coefficient (Wildman–Crippen LogP) is 3.23. The first-order chi connectivity index (χ1) is 7.41. The second-order valence-electron chi connectivity index (χ2n) is 4.41. The van der Waals surface area contributed by atoms with Crippen molar-refractivity contribution in [2.45, 2.75) is 27.7 Å². The maximum atomic E-state index is 11.9. The smallest absolute Gasteiger partial charge is 0.250 e. The van der Waals surface area contributed by atoms with E-state index in [1.54, 1.807) is 11.0 Å². The third-order valence-corrected chi connectivity index (χ3v) is 2.47. The van der Waals surface area contributed by atoms with Crippen LogP contribution < -0.4 is 4.90 Å². The van der Waals surface area contributed by atoms with E-state index in [9.17, 15) is 4.79 Å². The van der Waals surface area contributed by atoms with E-state index in [1.807, 2.05) is 46.9 Å². The van der Waals surface area contributed by atoms with Crippen molar-refractivity contribution in [3.8, 4) is 0 Å². The molecule has 16 heavy (non-hydrogen) atoms. The van der Waals surface area contributed by atoms with Gasteiger partial charge in [0.1, 0.15) is 0 Å². The molecular weight excluding hydrogens is 198 g/mol. The van der Waals surface area contributed by atoms with Gasteiger partial charge in [-0.2, -0.15) is 0 Å². The molecule has 0 aliphatic rings. The van der Waals surface area contributed by atoms with Crippen molar-refractivity contribution in [1.82, 2.24) is 0 Å². The van der Waals surface area contributed by atoms with Crippen LogP contribution in [0.2, 0.25) is 0 Å². The number of anilines is 1. The number of allylic oxidation sites excluding steroid dienone is 1. The van der Waals surface area contributed by atoms with E-state index >= 15 is 0 Å². The molecule has 0 heterocycles. The molecule has 1 aromatic rings. The zero-order valence-corrected chi connectivity index (χ0v) is 10.7. The van der Waals surface area contributed by atoms with Gasteiger partial charge in [-0.1, -0.05) is 17.7 Å². The van der Waals surface area contributed by atoms with Gasteiger partial charge in [0.25, 0.3) is 5.91 Å². The summed E-state index contributed by atoms with van der Waals surface area (Å²) in [4.78, 5) is 13.6. The van der Waals surface area contributed by atoms with Crippen LogP contribution >= 0.6 is 0 Å². The summed E-state index contributed by atoms with van der Waals surface area (Å²) in [5.74, 6) is 0.0219. The topological polar surface area (TPSA) is 20.3 Å². The summed E-state index contributed by atoms with van der Waals surface area (Å²) >= 11 is 0. The maximum absolute atomic E-state index is 11.9. The number of carbonyl (C=O) groups is 1. The van der Waals surface area contributed by atoms with Crippen LogP contribution in [0.1, 0.15) is 25.0 Å².